The number of rotatable bonds is 9. The summed E-state index contributed by atoms with van der Waals surface area (Å²) in [6.45, 7) is 4.08. The van der Waals surface area contributed by atoms with Crippen LogP contribution in [0, 0.1) is 5.41 Å². The van der Waals surface area contributed by atoms with Gasteiger partial charge < -0.3 is 4.74 Å². The Labute approximate surface area is 241 Å². The molecule has 5 rings (SSSR count). The second-order valence-corrected chi connectivity index (χ2v) is 11.8. The van der Waals surface area contributed by atoms with Crippen LogP contribution in [0.25, 0.3) is 11.1 Å². The molecule has 0 spiro atoms. The van der Waals surface area contributed by atoms with Crippen molar-refractivity contribution in [3.05, 3.63) is 111 Å². The molecule has 1 aromatic heterocycles. The number of thiophene rings is 1. The minimum atomic E-state index is -0.519. The molecule has 0 aliphatic carbocycles. The summed E-state index contributed by atoms with van der Waals surface area (Å²) in [6, 6.07) is 22.8. The molecule has 4 aromatic rings. The smallest absolute Gasteiger partial charge is 0.353 e. The van der Waals surface area contributed by atoms with Gasteiger partial charge in [-0.1, -0.05) is 67.9 Å². The zero-order chi connectivity index (χ0) is 28.4. The molecule has 2 heterocycles. The number of hydrogen-bond donors (Lipinski definition) is 0. The van der Waals surface area contributed by atoms with Gasteiger partial charge in [0.05, 0.1) is 11.1 Å². The SMILES string of the molecule is CC(C)(CCN1C(=O)c2ccc(OC(=O)c3cccs3)cc2C1=O)CC(=O)c1ccc(-c2ccc(Cl)cc2)cc1. The molecule has 1 aliphatic rings. The van der Waals surface area contributed by atoms with E-state index in [0.29, 0.717) is 21.9 Å². The number of imide groups is 1. The Morgan fingerprint density at radius 2 is 1.52 bits per heavy atom. The lowest BCUT2D eigenvalue weighted by Gasteiger charge is -2.26. The van der Waals surface area contributed by atoms with Gasteiger partial charge in [0.15, 0.2) is 5.78 Å². The Bertz CT molecular complexity index is 1590. The van der Waals surface area contributed by atoms with Crippen LogP contribution in [-0.2, 0) is 0 Å². The number of benzene rings is 3. The zero-order valence-electron chi connectivity index (χ0n) is 22.0. The summed E-state index contributed by atoms with van der Waals surface area (Å²) >= 11 is 7.23. The largest absolute Gasteiger partial charge is 0.422 e. The lowest BCUT2D eigenvalue weighted by molar-refractivity contribution is 0.0630. The molecule has 0 unspecified atom stereocenters. The molecular weight excluding hydrogens is 546 g/mol. The summed E-state index contributed by atoms with van der Waals surface area (Å²) in [5.41, 5.74) is 2.63. The number of esters is 1. The van der Waals surface area contributed by atoms with E-state index in [2.05, 4.69) is 0 Å². The normalized spacial score (nSPS) is 12.9. The summed E-state index contributed by atoms with van der Waals surface area (Å²) in [5.74, 6) is -1.15. The van der Waals surface area contributed by atoms with Crippen molar-refractivity contribution < 1.29 is 23.9 Å². The molecule has 0 fully saturated rings. The number of amides is 2. The van der Waals surface area contributed by atoms with E-state index in [4.69, 9.17) is 16.3 Å². The van der Waals surface area contributed by atoms with E-state index in [-0.39, 0.29) is 35.6 Å². The first-order valence-corrected chi connectivity index (χ1v) is 14.0. The van der Waals surface area contributed by atoms with Crippen LogP contribution < -0.4 is 4.74 Å². The first-order chi connectivity index (χ1) is 19.1. The number of carbonyl (C=O) groups is 4. The second-order valence-electron chi connectivity index (χ2n) is 10.4. The molecule has 3 aromatic carbocycles. The lowest BCUT2D eigenvalue weighted by Crippen LogP contribution is -2.33. The Morgan fingerprint density at radius 1 is 0.875 bits per heavy atom. The predicted octanol–water partition coefficient (Wildman–Crippen LogP) is 7.57. The average molecular weight is 572 g/mol. The molecule has 0 radical (unpaired) electrons. The van der Waals surface area contributed by atoms with Gasteiger partial charge in [0.2, 0.25) is 0 Å². The highest BCUT2D eigenvalue weighted by molar-refractivity contribution is 7.12. The van der Waals surface area contributed by atoms with Gasteiger partial charge in [0.1, 0.15) is 10.6 Å². The standard InChI is InChI=1S/C32H26ClNO5S/c1-32(2,19-27(35)22-7-5-20(6-8-22)21-9-11-23(33)12-10-21)15-16-34-29(36)25-14-13-24(18-26(25)30(34)37)39-31(38)28-4-3-17-40-28/h3-14,17-18H,15-16,19H2,1-2H3. The Balaban J connectivity index is 1.20. The third-order valence-electron chi connectivity index (χ3n) is 6.91. The highest BCUT2D eigenvalue weighted by Crippen LogP contribution is 2.32. The molecule has 0 bridgehead atoms. The zero-order valence-corrected chi connectivity index (χ0v) is 23.6. The summed E-state index contributed by atoms with van der Waals surface area (Å²) in [7, 11) is 0. The van der Waals surface area contributed by atoms with E-state index in [1.165, 1.54) is 34.4 Å². The molecule has 1 aliphatic heterocycles. The van der Waals surface area contributed by atoms with Crippen LogP contribution in [-0.4, -0.2) is 35.0 Å². The summed E-state index contributed by atoms with van der Waals surface area (Å²) in [4.78, 5) is 53.1. The van der Waals surface area contributed by atoms with Crippen molar-refractivity contribution in [3.8, 4) is 16.9 Å². The highest BCUT2D eigenvalue weighted by Gasteiger charge is 2.37. The Morgan fingerprint density at radius 3 is 2.17 bits per heavy atom. The third kappa shape index (κ3) is 5.91. The molecule has 0 saturated heterocycles. The first kappa shape index (κ1) is 27.5. The fourth-order valence-corrected chi connectivity index (χ4v) is 5.34. The fraction of sp³-hybridized carbons (Fsp3) is 0.188. The molecule has 40 heavy (non-hydrogen) atoms. The van der Waals surface area contributed by atoms with Crippen molar-refractivity contribution in [1.29, 1.82) is 0 Å². The molecule has 0 N–H and O–H groups in total. The number of halogens is 1. The second kappa shape index (κ2) is 11.2. The Kier molecular flexibility index (Phi) is 7.70. The number of fused-ring (bicyclic) bond motifs is 1. The van der Waals surface area contributed by atoms with Crippen LogP contribution in [0.4, 0.5) is 0 Å². The summed E-state index contributed by atoms with van der Waals surface area (Å²) in [6.07, 6.45) is 0.715. The van der Waals surface area contributed by atoms with Crippen LogP contribution >= 0.6 is 22.9 Å². The van der Waals surface area contributed by atoms with Crippen molar-refractivity contribution in [3.63, 3.8) is 0 Å². The summed E-state index contributed by atoms with van der Waals surface area (Å²) < 4.78 is 5.39. The van der Waals surface area contributed by atoms with Crippen LogP contribution in [0.3, 0.4) is 0 Å². The van der Waals surface area contributed by atoms with Gasteiger partial charge in [-0.25, -0.2) is 4.79 Å². The number of hydrogen-bond acceptors (Lipinski definition) is 6. The predicted molar refractivity (Wildman–Crippen MR) is 155 cm³/mol. The van der Waals surface area contributed by atoms with E-state index in [1.54, 1.807) is 17.5 Å². The van der Waals surface area contributed by atoms with E-state index >= 15 is 0 Å². The number of ketones is 1. The molecule has 0 atom stereocenters. The van der Waals surface area contributed by atoms with E-state index < -0.39 is 23.2 Å². The highest BCUT2D eigenvalue weighted by atomic mass is 35.5. The third-order valence-corrected chi connectivity index (χ3v) is 8.01. The number of Topliss-reactive ketones (excluding diaryl/α,β-unsaturated/α-hetero) is 1. The van der Waals surface area contributed by atoms with Gasteiger partial charge in [-0.15, -0.1) is 11.3 Å². The van der Waals surface area contributed by atoms with Crippen molar-refractivity contribution in [2.24, 2.45) is 5.41 Å². The van der Waals surface area contributed by atoms with Crippen LogP contribution in [0.5, 0.6) is 5.75 Å². The maximum Gasteiger partial charge on any atom is 0.353 e. The van der Waals surface area contributed by atoms with Gasteiger partial charge in [-0.2, -0.15) is 0 Å². The number of ether oxygens (including phenoxy) is 1. The van der Waals surface area contributed by atoms with Crippen LogP contribution in [0.1, 0.15) is 67.4 Å². The number of carbonyl (C=O) groups excluding carboxylic acids is 4. The van der Waals surface area contributed by atoms with E-state index in [0.717, 1.165) is 11.1 Å². The molecule has 6 nitrogen and oxygen atoms in total. The first-order valence-electron chi connectivity index (χ1n) is 12.8. The topological polar surface area (TPSA) is 80.8 Å². The van der Waals surface area contributed by atoms with Gasteiger partial charge in [0, 0.05) is 23.6 Å². The average Bonchev–Trinajstić information content (AvgIpc) is 3.55. The number of nitrogens with zero attached hydrogens (tertiary/aromatic N) is 1. The quantitative estimate of drug-likeness (QED) is 0.0895. The van der Waals surface area contributed by atoms with Crippen molar-refractivity contribution in [2.45, 2.75) is 26.7 Å². The maximum absolute atomic E-state index is 13.1. The van der Waals surface area contributed by atoms with Crippen molar-refractivity contribution in [1.82, 2.24) is 4.90 Å². The van der Waals surface area contributed by atoms with Crippen LogP contribution in [0.15, 0.2) is 84.2 Å². The van der Waals surface area contributed by atoms with Gasteiger partial charge in [-0.3, -0.25) is 19.3 Å². The van der Waals surface area contributed by atoms with Gasteiger partial charge >= 0.3 is 5.97 Å². The molecule has 0 saturated carbocycles. The maximum atomic E-state index is 13.1. The lowest BCUT2D eigenvalue weighted by atomic mass is 9.82. The monoisotopic (exact) mass is 571 g/mol. The van der Waals surface area contributed by atoms with E-state index in [9.17, 15) is 19.2 Å². The molecular formula is C32H26ClNO5S. The van der Waals surface area contributed by atoms with Gasteiger partial charge in [-0.05, 0) is 64.7 Å². The fourth-order valence-electron chi connectivity index (χ4n) is 4.62. The Hall–Kier alpha value is -4.07. The molecule has 8 heteroatoms. The minimum absolute atomic E-state index is 0.00721. The van der Waals surface area contributed by atoms with Gasteiger partial charge in [0.25, 0.3) is 11.8 Å². The van der Waals surface area contributed by atoms with E-state index in [1.807, 2.05) is 62.4 Å². The van der Waals surface area contributed by atoms with Crippen LogP contribution in [0.2, 0.25) is 5.02 Å². The van der Waals surface area contributed by atoms with Crippen molar-refractivity contribution >= 4 is 46.5 Å². The van der Waals surface area contributed by atoms with Crippen molar-refractivity contribution in [2.75, 3.05) is 6.54 Å². The minimum Gasteiger partial charge on any atom is -0.422 e. The summed E-state index contributed by atoms with van der Waals surface area (Å²) in [5, 5.41) is 2.44. The molecule has 202 valence electrons. The molecule has 2 amide bonds.